The first-order chi connectivity index (χ1) is 11.4. The highest BCUT2D eigenvalue weighted by Crippen LogP contribution is 2.29. The van der Waals surface area contributed by atoms with Gasteiger partial charge < -0.3 is 14.9 Å². The van der Waals surface area contributed by atoms with E-state index >= 15 is 0 Å². The average molecular weight is 337 g/mol. The summed E-state index contributed by atoms with van der Waals surface area (Å²) in [5.74, 6) is -0.531. The van der Waals surface area contributed by atoms with E-state index in [0.29, 0.717) is 0 Å². The lowest BCUT2D eigenvalue weighted by Crippen LogP contribution is -2.24. The number of amides is 1. The molecule has 1 saturated heterocycles. The first-order valence-electron chi connectivity index (χ1n) is 7.63. The maximum atomic E-state index is 12.1. The quantitative estimate of drug-likeness (QED) is 0.581. The number of fused-ring (bicyclic) bond motifs is 1. The van der Waals surface area contributed by atoms with Gasteiger partial charge in [-0.2, -0.15) is 10.1 Å². The van der Waals surface area contributed by atoms with E-state index in [0.717, 1.165) is 0 Å². The Labute approximate surface area is 136 Å². The highest BCUT2D eigenvalue weighted by atomic mass is 16.5. The Bertz CT molecular complexity index is 813. The number of rotatable bonds is 4. The summed E-state index contributed by atoms with van der Waals surface area (Å²) in [5, 5.41) is 25.9. The number of carbonyl (C=O) groups is 1. The second-order valence-corrected chi connectivity index (χ2v) is 6.00. The molecule has 10 heteroatoms. The van der Waals surface area contributed by atoms with Gasteiger partial charge in [-0.3, -0.25) is 19.9 Å². The third-order valence-electron chi connectivity index (χ3n) is 3.89. The number of hydrogen-bond acceptors (Lipinski definition) is 7. The van der Waals surface area contributed by atoms with Crippen LogP contribution in [0.25, 0.3) is 11.0 Å². The SMILES string of the molecule is CC(C)C(=O)Nc1nc2c(cnn2[C@H]2C[C@H](O)[C@@H](CO)O2)c(=O)[nH]1. The molecular weight excluding hydrogens is 318 g/mol. The van der Waals surface area contributed by atoms with E-state index in [1.54, 1.807) is 13.8 Å². The molecule has 3 rings (SSSR count). The number of aliphatic hydroxyl groups is 2. The molecule has 0 saturated carbocycles. The van der Waals surface area contributed by atoms with Crippen molar-refractivity contribution in [3.05, 3.63) is 16.6 Å². The van der Waals surface area contributed by atoms with Gasteiger partial charge in [-0.1, -0.05) is 13.8 Å². The van der Waals surface area contributed by atoms with E-state index in [4.69, 9.17) is 4.74 Å². The number of carbonyl (C=O) groups excluding carboxylic acids is 1. The fraction of sp³-hybridized carbons (Fsp3) is 0.571. The van der Waals surface area contributed by atoms with Gasteiger partial charge in [0.2, 0.25) is 11.9 Å². The van der Waals surface area contributed by atoms with Crippen molar-refractivity contribution in [2.24, 2.45) is 5.92 Å². The molecule has 4 N–H and O–H groups in total. The van der Waals surface area contributed by atoms with E-state index in [9.17, 15) is 19.8 Å². The third-order valence-corrected chi connectivity index (χ3v) is 3.89. The number of anilines is 1. The second-order valence-electron chi connectivity index (χ2n) is 6.00. The molecule has 3 atom stereocenters. The van der Waals surface area contributed by atoms with E-state index < -0.39 is 24.0 Å². The van der Waals surface area contributed by atoms with Crippen LogP contribution < -0.4 is 10.9 Å². The smallest absolute Gasteiger partial charge is 0.263 e. The fourth-order valence-corrected chi connectivity index (χ4v) is 2.50. The van der Waals surface area contributed by atoms with Crippen molar-refractivity contribution < 1.29 is 19.7 Å². The van der Waals surface area contributed by atoms with Crippen molar-refractivity contribution in [2.75, 3.05) is 11.9 Å². The first-order valence-corrected chi connectivity index (χ1v) is 7.63. The molecule has 0 unspecified atom stereocenters. The first kappa shape index (κ1) is 16.6. The number of ether oxygens (including phenoxy) is 1. The monoisotopic (exact) mass is 337 g/mol. The molecule has 3 heterocycles. The predicted molar refractivity (Wildman–Crippen MR) is 83.2 cm³/mol. The molecule has 1 aliphatic rings. The minimum absolute atomic E-state index is 0.0187. The van der Waals surface area contributed by atoms with Gasteiger partial charge >= 0.3 is 0 Å². The van der Waals surface area contributed by atoms with Crippen molar-refractivity contribution in [2.45, 2.75) is 38.7 Å². The Kier molecular flexibility index (Phi) is 4.35. The zero-order valence-corrected chi connectivity index (χ0v) is 13.3. The Balaban J connectivity index is 1.97. The molecule has 0 aliphatic carbocycles. The lowest BCUT2D eigenvalue weighted by molar-refractivity contribution is -0.118. The number of nitrogens with zero attached hydrogens (tertiary/aromatic N) is 3. The van der Waals surface area contributed by atoms with Crippen LogP contribution in [0, 0.1) is 5.92 Å². The highest BCUT2D eigenvalue weighted by molar-refractivity contribution is 5.91. The van der Waals surface area contributed by atoms with Crippen LogP contribution in [-0.4, -0.2) is 54.7 Å². The summed E-state index contributed by atoms with van der Waals surface area (Å²) in [6.45, 7) is 3.12. The van der Waals surface area contributed by atoms with E-state index in [1.807, 2.05) is 0 Å². The molecule has 130 valence electrons. The number of aliphatic hydroxyl groups excluding tert-OH is 2. The van der Waals surface area contributed by atoms with Gasteiger partial charge in [0.15, 0.2) is 11.9 Å². The summed E-state index contributed by atoms with van der Waals surface area (Å²) in [4.78, 5) is 30.6. The zero-order chi connectivity index (χ0) is 17.4. The number of aromatic nitrogens is 4. The van der Waals surface area contributed by atoms with Crippen LogP contribution in [0.5, 0.6) is 0 Å². The van der Waals surface area contributed by atoms with Crippen LogP contribution in [0.1, 0.15) is 26.5 Å². The van der Waals surface area contributed by atoms with Crippen LogP contribution >= 0.6 is 0 Å². The topological polar surface area (TPSA) is 142 Å². The van der Waals surface area contributed by atoms with Gasteiger partial charge in [0, 0.05) is 12.3 Å². The Morgan fingerprint density at radius 1 is 1.58 bits per heavy atom. The zero-order valence-electron chi connectivity index (χ0n) is 13.3. The van der Waals surface area contributed by atoms with Crippen LogP contribution in [0.15, 0.2) is 11.0 Å². The summed E-state index contributed by atoms with van der Waals surface area (Å²) < 4.78 is 6.90. The minimum Gasteiger partial charge on any atom is -0.394 e. The molecule has 0 spiro atoms. The molecule has 10 nitrogen and oxygen atoms in total. The summed E-state index contributed by atoms with van der Waals surface area (Å²) in [7, 11) is 0. The van der Waals surface area contributed by atoms with Crippen molar-refractivity contribution >= 4 is 22.9 Å². The summed E-state index contributed by atoms with van der Waals surface area (Å²) in [5.41, 5.74) is -0.212. The molecule has 0 aromatic carbocycles. The molecule has 0 bridgehead atoms. The van der Waals surface area contributed by atoms with E-state index in [-0.39, 0.29) is 41.8 Å². The Morgan fingerprint density at radius 2 is 2.33 bits per heavy atom. The number of hydrogen-bond donors (Lipinski definition) is 4. The number of nitrogens with one attached hydrogen (secondary N) is 2. The molecule has 0 radical (unpaired) electrons. The maximum Gasteiger partial charge on any atom is 0.263 e. The molecule has 24 heavy (non-hydrogen) atoms. The molecule has 2 aromatic heterocycles. The van der Waals surface area contributed by atoms with Crippen molar-refractivity contribution in [1.29, 1.82) is 0 Å². The highest BCUT2D eigenvalue weighted by Gasteiger charge is 2.36. The predicted octanol–water partition coefficient (Wildman–Crippen LogP) is -0.645. The molecule has 2 aromatic rings. The van der Waals surface area contributed by atoms with Crippen molar-refractivity contribution in [3.8, 4) is 0 Å². The average Bonchev–Trinajstić information content (AvgIpc) is 3.10. The second kappa shape index (κ2) is 6.30. The van der Waals surface area contributed by atoms with Crippen LogP contribution in [0.4, 0.5) is 5.95 Å². The third kappa shape index (κ3) is 2.90. The van der Waals surface area contributed by atoms with Crippen LogP contribution in [0.2, 0.25) is 0 Å². The van der Waals surface area contributed by atoms with Gasteiger partial charge in [0.25, 0.3) is 5.56 Å². The minimum atomic E-state index is -0.832. The standard InChI is InChI=1S/C14H19N5O5/c1-6(2)12(22)17-14-16-11-7(13(23)18-14)4-15-19(11)10-3-8(21)9(5-20)24-10/h4,6,8-10,20-21H,3,5H2,1-2H3,(H2,16,17,18,22,23)/t8-,9+,10+/m0/s1. The summed E-state index contributed by atoms with van der Waals surface area (Å²) in [6.07, 6.45) is -0.642. The maximum absolute atomic E-state index is 12.1. The number of aromatic amines is 1. The van der Waals surface area contributed by atoms with Gasteiger partial charge in [0.1, 0.15) is 11.5 Å². The van der Waals surface area contributed by atoms with Crippen LogP contribution in [0.3, 0.4) is 0 Å². The lowest BCUT2D eigenvalue weighted by atomic mass is 10.2. The molecule has 1 aliphatic heterocycles. The largest absolute Gasteiger partial charge is 0.394 e. The normalized spacial score (nSPS) is 24.0. The molecular formula is C14H19N5O5. The van der Waals surface area contributed by atoms with Gasteiger partial charge in [0.05, 0.1) is 18.9 Å². The molecule has 1 amide bonds. The van der Waals surface area contributed by atoms with Gasteiger partial charge in [-0.15, -0.1) is 0 Å². The van der Waals surface area contributed by atoms with Gasteiger partial charge in [-0.25, -0.2) is 4.68 Å². The van der Waals surface area contributed by atoms with Gasteiger partial charge in [-0.05, 0) is 0 Å². The van der Waals surface area contributed by atoms with Crippen molar-refractivity contribution in [3.63, 3.8) is 0 Å². The fourth-order valence-electron chi connectivity index (χ4n) is 2.50. The van der Waals surface area contributed by atoms with E-state index in [2.05, 4.69) is 20.4 Å². The summed E-state index contributed by atoms with van der Waals surface area (Å²) in [6, 6.07) is 0. The molecule has 1 fully saturated rings. The van der Waals surface area contributed by atoms with E-state index in [1.165, 1.54) is 10.9 Å². The Morgan fingerprint density at radius 3 is 2.96 bits per heavy atom. The lowest BCUT2D eigenvalue weighted by Gasteiger charge is -2.13. The van der Waals surface area contributed by atoms with Crippen molar-refractivity contribution in [1.82, 2.24) is 19.7 Å². The number of H-pyrrole nitrogens is 1. The summed E-state index contributed by atoms with van der Waals surface area (Å²) >= 11 is 0. The Hall–Kier alpha value is -2.30. The van der Waals surface area contributed by atoms with Crippen LogP contribution in [-0.2, 0) is 9.53 Å².